The normalized spacial score (nSPS) is 8.71. The van der Waals surface area contributed by atoms with Gasteiger partial charge in [-0.05, 0) is 0 Å². The summed E-state index contributed by atoms with van der Waals surface area (Å²) in [6.07, 6.45) is 0.260. The highest BCUT2D eigenvalue weighted by atomic mass is 16.4. The molecule has 0 unspecified atom stereocenters. The van der Waals surface area contributed by atoms with Gasteiger partial charge in [0.05, 0.1) is 20.0 Å². The Bertz CT molecular complexity index is 62.7. The summed E-state index contributed by atoms with van der Waals surface area (Å²) in [5.74, 6) is -0.724. The fraction of sp³-hybridized carbons (Fsp3) is 0.750. The zero-order valence-corrected chi connectivity index (χ0v) is 4.35. The van der Waals surface area contributed by atoms with Gasteiger partial charge in [0.25, 0.3) is 0 Å². The number of hydrogen-bond donors (Lipinski definition) is 2. The van der Waals surface area contributed by atoms with E-state index in [9.17, 15) is 4.79 Å². The van der Waals surface area contributed by atoms with E-state index in [0.29, 0.717) is 6.54 Å². The lowest BCUT2D eigenvalue weighted by Gasteiger charge is -1.86. The van der Waals surface area contributed by atoms with Crippen molar-refractivity contribution in [1.82, 2.24) is 0 Å². The number of carboxylic acids is 1. The molecule has 0 aromatic rings. The molecule has 0 aromatic carbocycles. The number of hydrogen-bond acceptors (Lipinski definition) is 1. The minimum absolute atomic E-state index is 0.260. The minimum atomic E-state index is -0.724. The summed E-state index contributed by atoms with van der Waals surface area (Å²) in [5.41, 5.74) is 0. The number of rotatable bonds is 3. The lowest BCUT2D eigenvalue weighted by atomic mass is 10.4. The molecule has 42 valence electrons. The van der Waals surface area contributed by atoms with E-state index in [4.69, 9.17) is 5.11 Å². The molecule has 0 aliphatic carbocycles. The molecule has 0 aliphatic heterocycles. The molecule has 0 aromatic heterocycles. The first-order valence-electron chi connectivity index (χ1n) is 2.27. The quantitative estimate of drug-likeness (QED) is 0.465. The van der Waals surface area contributed by atoms with Crippen LogP contribution < -0.4 is 5.32 Å². The van der Waals surface area contributed by atoms with Crippen molar-refractivity contribution < 1.29 is 15.2 Å². The molecule has 7 heavy (non-hydrogen) atoms. The molecule has 0 saturated heterocycles. The molecule has 0 saturated carbocycles. The molecule has 0 fully saturated rings. The van der Waals surface area contributed by atoms with Gasteiger partial charge in [-0.15, -0.1) is 0 Å². The molecule has 0 spiro atoms. The topological polar surface area (TPSA) is 53.9 Å². The molecule has 0 aliphatic rings. The molecule has 3 nitrogen and oxygen atoms in total. The average molecular weight is 104 g/mol. The fourth-order valence-electron chi connectivity index (χ4n) is 0.268. The second-order valence-electron chi connectivity index (χ2n) is 1.34. The monoisotopic (exact) mass is 104 g/mol. The van der Waals surface area contributed by atoms with E-state index in [1.807, 2.05) is 12.4 Å². The Morgan fingerprint density at radius 2 is 2.43 bits per heavy atom. The van der Waals surface area contributed by atoms with Gasteiger partial charge < -0.3 is 10.4 Å². The molecule has 0 atom stereocenters. The second kappa shape index (κ2) is 3.61. The summed E-state index contributed by atoms with van der Waals surface area (Å²) in [6, 6.07) is 0. The van der Waals surface area contributed by atoms with Gasteiger partial charge in [-0.1, -0.05) is 0 Å². The molecule has 0 rings (SSSR count). The van der Waals surface area contributed by atoms with Crippen molar-refractivity contribution in [2.24, 2.45) is 0 Å². The van der Waals surface area contributed by atoms with Crippen molar-refractivity contribution in [3.8, 4) is 0 Å². The largest absolute Gasteiger partial charge is 0.481 e. The van der Waals surface area contributed by atoms with Crippen molar-refractivity contribution in [3.63, 3.8) is 0 Å². The first kappa shape index (κ1) is 6.43. The number of carbonyl (C=O) groups is 1. The van der Waals surface area contributed by atoms with Crippen molar-refractivity contribution in [3.05, 3.63) is 0 Å². The molecule has 0 amide bonds. The van der Waals surface area contributed by atoms with Crippen LogP contribution in [0.3, 0.4) is 0 Å². The molecule has 0 radical (unpaired) electrons. The maximum absolute atomic E-state index is 9.74. The van der Waals surface area contributed by atoms with Gasteiger partial charge in [0.1, 0.15) is 0 Å². The van der Waals surface area contributed by atoms with Crippen LogP contribution in [0, 0.1) is 0 Å². The smallest absolute Gasteiger partial charge is 0.309 e. The van der Waals surface area contributed by atoms with Crippen LogP contribution in [0.1, 0.15) is 6.42 Å². The van der Waals surface area contributed by atoms with Crippen molar-refractivity contribution in [1.29, 1.82) is 0 Å². The van der Waals surface area contributed by atoms with Gasteiger partial charge in [-0.3, -0.25) is 4.79 Å². The lowest BCUT2D eigenvalue weighted by molar-refractivity contribution is -0.625. The van der Waals surface area contributed by atoms with Crippen LogP contribution in [-0.2, 0) is 4.79 Å². The average Bonchev–Trinajstić information content (AvgIpc) is 1.61. The standard InChI is InChI=1S/C4H9NO2/c1-5-3-2-4(6)7/h5H,2-3H2,1H3,(H,6,7)/p+1. The Labute approximate surface area is 42.3 Å². The number of quaternary nitrogens is 1. The molecular weight excluding hydrogens is 94.0 g/mol. The number of aliphatic carboxylic acids is 1. The van der Waals surface area contributed by atoms with Crippen LogP contribution in [0.2, 0.25) is 0 Å². The highest BCUT2D eigenvalue weighted by Gasteiger charge is 1.92. The Hall–Kier alpha value is -0.570. The fourth-order valence-corrected chi connectivity index (χ4v) is 0.268. The third kappa shape index (κ3) is 5.43. The van der Waals surface area contributed by atoms with Crippen LogP contribution in [0.25, 0.3) is 0 Å². The van der Waals surface area contributed by atoms with Crippen molar-refractivity contribution in [2.45, 2.75) is 6.42 Å². The minimum Gasteiger partial charge on any atom is -0.481 e. The van der Waals surface area contributed by atoms with E-state index in [-0.39, 0.29) is 6.42 Å². The molecule has 0 heterocycles. The van der Waals surface area contributed by atoms with Crippen LogP contribution in [0.4, 0.5) is 0 Å². The predicted octanol–water partition coefficient (Wildman–Crippen LogP) is -1.35. The Kier molecular flexibility index (Phi) is 3.32. The third-order valence-corrected chi connectivity index (χ3v) is 0.647. The molecule has 3 heteroatoms. The van der Waals surface area contributed by atoms with Crippen LogP contribution in [-0.4, -0.2) is 24.7 Å². The summed E-state index contributed by atoms with van der Waals surface area (Å²) in [7, 11) is 1.85. The summed E-state index contributed by atoms with van der Waals surface area (Å²) in [5, 5.41) is 9.87. The van der Waals surface area contributed by atoms with E-state index in [1.54, 1.807) is 0 Å². The summed E-state index contributed by atoms with van der Waals surface area (Å²) in [4.78, 5) is 9.74. The van der Waals surface area contributed by atoms with Gasteiger partial charge in [-0.2, -0.15) is 0 Å². The first-order valence-corrected chi connectivity index (χ1v) is 2.27. The summed E-state index contributed by atoms with van der Waals surface area (Å²) < 4.78 is 0. The SMILES string of the molecule is C[NH2+]CCC(=O)O. The summed E-state index contributed by atoms with van der Waals surface area (Å²) in [6.45, 7) is 0.676. The van der Waals surface area contributed by atoms with E-state index in [2.05, 4.69) is 0 Å². The van der Waals surface area contributed by atoms with Gasteiger partial charge in [0.15, 0.2) is 0 Å². The van der Waals surface area contributed by atoms with Gasteiger partial charge in [0, 0.05) is 0 Å². The third-order valence-electron chi connectivity index (χ3n) is 0.647. The maximum Gasteiger partial charge on any atom is 0.309 e. The Morgan fingerprint density at radius 1 is 1.86 bits per heavy atom. The van der Waals surface area contributed by atoms with Crippen LogP contribution in [0.5, 0.6) is 0 Å². The number of carboxylic acid groups (broad SMARTS) is 1. The van der Waals surface area contributed by atoms with Crippen LogP contribution >= 0.6 is 0 Å². The Balaban J connectivity index is 2.82. The first-order chi connectivity index (χ1) is 3.27. The van der Waals surface area contributed by atoms with E-state index in [1.165, 1.54) is 0 Å². The van der Waals surface area contributed by atoms with Gasteiger partial charge in [0.2, 0.25) is 0 Å². The summed E-state index contributed by atoms with van der Waals surface area (Å²) >= 11 is 0. The highest BCUT2D eigenvalue weighted by molar-refractivity contribution is 5.66. The maximum atomic E-state index is 9.74. The number of nitrogens with two attached hydrogens (primary N) is 1. The van der Waals surface area contributed by atoms with Gasteiger partial charge in [-0.25, -0.2) is 0 Å². The Morgan fingerprint density at radius 3 is 2.57 bits per heavy atom. The van der Waals surface area contributed by atoms with Crippen molar-refractivity contribution in [2.75, 3.05) is 13.6 Å². The van der Waals surface area contributed by atoms with E-state index in [0.717, 1.165) is 0 Å². The van der Waals surface area contributed by atoms with Gasteiger partial charge >= 0.3 is 5.97 Å². The lowest BCUT2D eigenvalue weighted by Crippen LogP contribution is -2.79. The van der Waals surface area contributed by atoms with E-state index < -0.39 is 5.97 Å². The molecule has 3 N–H and O–H groups in total. The molecular formula is C4H10NO2+. The van der Waals surface area contributed by atoms with Crippen molar-refractivity contribution >= 4 is 5.97 Å². The molecule has 0 bridgehead atoms. The zero-order valence-electron chi connectivity index (χ0n) is 4.35. The second-order valence-corrected chi connectivity index (χ2v) is 1.34. The van der Waals surface area contributed by atoms with Crippen LogP contribution in [0.15, 0.2) is 0 Å². The zero-order chi connectivity index (χ0) is 5.70. The van der Waals surface area contributed by atoms with E-state index >= 15 is 0 Å². The highest BCUT2D eigenvalue weighted by Crippen LogP contribution is 1.66. The predicted molar refractivity (Wildman–Crippen MR) is 25.0 cm³/mol.